The van der Waals surface area contributed by atoms with Crippen LogP contribution >= 0.6 is 11.3 Å². The van der Waals surface area contributed by atoms with Crippen molar-refractivity contribution in [1.29, 1.82) is 0 Å². The molecule has 0 aromatic carbocycles. The Kier molecular flexibility index (Phi) is 6.60. The van der Waals surface area contributed by atoms with Crippen molar-refractivity contribution >= 4 is 39.4 Å². The van der Waals surface area contributed by atoms with Crippen LogP contribution in [0.1, 0.15) is 49.5 Å². The van der Waals surface area contributed by atoms with Gasteiger partial charge in [-0.2, -0.15) is 13.2 Å². The van der Waals surface area contributed by atoms with Crippen LogP contribution in [0.5, 0.6) is 0 Å². The fourth-order valence-electron chi connectivity index (χ4n) is 3.63. The molecule has 176 valence electrons. The maximum Gasteiger partial charge on any atom is 0.417 e. The molecule has 1 aliphatic rings. The van der Waals surface area contributed by atoms with Crippen molar-refractivity contribution in [1.82, 2.24) is 15.2 Å². The molecule has 2 aromatic heterocycles. The third kappa shape index (κ3) is 5.08. The third-order valence-corrected chi connectivity index (χ3v) is 6.31. The first kappa shape index (κ1) is 24.1. The van der Waals surface area contributed by atoms with Gasteiger partial charge in [0.2, 0.25) is 0 Å². The number of aromatic nitrogens is 1. The van der Waals surface area contributed by atoms with E-state index in [1.807, 2.05) is 0 Å². The van der Waals surface area contributed by atoms with Crippen LogP contribution in [-0.2, 0) is 10.9 Å². The number of thiophene rings is 1. The summed E-state index contributed by atoms with van der Waals surface area (Å²) in [4.78, 5) is 32.2. The Morgan fingerprint density at radius 3 is 2.41 bits per heavy atom. The molecule has 0 unspecified atom stereocenters. The number of alkyl halides is 3. The first-order valence-electron chi connectivity index (χ1n) is 10.2. The summed E-state index contributed by atoms with van der Waals surface area (Å²) in [5.41, 5.74) is -1.24. The van der Waals surface area contributed by atoms with Gasteiger partial charge in [-0.3, -0.25) is 4.79 Å². The minimum Gasteiger partial charge on any atom is -0.444 e. The number of anilines is 1. The number of hydrogen-bond donors (Lipinski definition) is 1. The van der Waals surface area contributed by atoms with Crippen LogP contribution < -0.4 is 10.2 Å². The fourth-order valence-corrected chi connectivity index (χ4v) is 4.65. The van der Waals surface area contributed by atoms with E-state index in [0.29, 0.717) is 25.9 Å². The normalized spacial score (nSPS) is 15.7. The van der Waals surface area contributed by atoms with Gasteiger partial charge in [-0.05, 0) is 39.7 Å². The SMILES string of the molecule is CNC(=O)c1csc2c(C(F)(F)F)cc(N3CCC(N(C)C(=O)OC(C)(C)C)CC3)nc12. The number of ether oxygens (including phenoxy) is 1. The summed E-state index contributed by atoms with van der Waals surface area (Å²) in [6, 6.07) is 0.958. The summed E-state index contributed by atoms with van der Waals surface area (Å²) in [6.07, 6.45) is -3.88. The van der Waals surface area contributed by atoms with E-state index < -0.39 is 29.3 Å². The predicted molar refractivity (Wildman–Crippen MR) is 117 cm³/mol. The Hall–Kier alpha value is -2.56. The predicted octanol–water partition coefficient (Wildman–Crippen LogP) is 4.51. The smallest absolute Gasteiger partial charge is 0.417 e. The second-order valence-electron chi connectivity index (χ2n) is 8.74. The number of carbonyl (C=O) groups is 2. The molecule has 0 saturated carbocycles. The number of halogens is 3. The lowest BCUT2D eigenvalue weighted by atomic mass is 10.0. The largest absolute Gasteiger partial charge is 0.444 e. The molecule has 2 amide bonds. The number of amides is 2. The van der Waals surface area contributed by atoms with Crippen LogP contribution in [-0.4, -0.2) is 60.7 Å². The highest BCUT2D eigenvalue weighted by molar-refractivity contribution is 7.17. The monoisotopic (exact) mass is 472 g/mol. The Morgan fingerprint density at radius 1 is 1.25 bits per heavy atom. The van der Waals surface area contributed by atoms with Crippen LogP contribution in [0.4, 0.5) is 23.8 Å². The standard InChI is InChI=1S/C21H27F3N4O3S/c1-20(2,3)31-19(30)27(5)12-6-8-28(9-7-12)15-10-14(21(22,23)24)17-16(26-15)13(11-32-17)18(29)25-4/h10-12H,6-9H2,1-5H3,(H,25,29). The third-order valence-electron chi connectivity index (χ3n) is 5.30. The van der Waals surface area contributed by atoms with Gasteiger partial charge in [0.1, 0.15) is 11.4 Å². The van der Waals surface area contributed by atoms with E-state index >= 15 is 0 Å². The number of nitrogens with zero attached hydrogens (tertiary/aromatic N) is 3. The lowest BCUT2D eigenvalue weighted by Crippen LogP contribution is -2.47. The minimum absolute atomic E-state index is 0.0483. The maximum atomic E-state index is 13.8. The lowest BCUT2D eigenvalue weighted by Gasteiger charge is -2.37. The van der Waals surface area contributed by atoms with E-state index in [-0.39, 0.29) is 27.6 Å². The van der Waals surface area contributed by atoms with Crippen molar-refractivity contribution in [2.24, 2.45) is 0 Å². The van der Waals surface area contributed by atoms with Gasteiger partial charge in [0, 0.05) is 38.6 Å². The Morgan fingerprint density at radius 2 is 1.88 bits per heavy atom. The fraction of sp³-hybridized carbons (Fsp3) is 0.571. The molecule has 1 saturated heterocycles. The first-order valence-corrected chi connectivity index (χ1v) is 11.1. The Bertz CT molecular complexity index is 1010. The summed E-state index contributed by atoms with van der Waals surface area (Å²) in [6.45, 7) is 6.22. The molecular weight excluding hydrogens is 445 g/mol. The van der Waals surface area contributed by atoms with E-state index in [1.54, 1.807) is 37.6 Å². The summed E-state index contributed by atoms with van der Waals surface area (Å²) in [7, 11) is 3.09. The summed E-state index contributed by atoms with van der Waals surface area (Å²) >= 11 is 0.858. The molecule has 32 heavy (non-hydrogen) atoms. The van der Waals surface area contributed by atoms with Crippen molar-refractivity contribution in [3.63, 3.8) is 0 Å². The molecule has 1 N–H and O–H groups in total. The van der Waals surface area contributed by atoms with Crippen molar-refractivity contribution in [3.05, 3.63) is 22.6 Å². The van der Waals surface area contributed by atoms with Crippen LogP contribution in [0.25, 0.3) is 10.2 Å². The molecule has 1 aliphatic heterocycles. The van der Waals surface area contributed by atoms with Crippen molar-refractivity contribution in [2.45, 2.75) is 51.4 Å². The van der Waals surface area contributed by atoms with Gasteiger partial charge in [-0.1, -0.05) is 0 Å². The number of pyridine rings is 1. The van der Waals surface area contributed by atoms with Gasteiger partial charge in [-0.25, -0.2) is 9.78 Å². The molecular formula is C21H27F3N4O3S. The molecule has 7 nitrogen and oxygen atoms in total. The average molecular weight is 473 g/mol. The van der Waals surface area contributed by atoms with Crippen LogP contribution in [0.15, 0.2) is 11.4 Å². The average Bonchev–Trinajstić information content (AvgIpc) is 3.14. The molecule has 0 radical (unpaired) electrons. The first-order chi connectivity index (χ1) is 14.8. The molecule has 11 heteroatoms. The molecule has 0 aliphatic carbocycles. The number of fused-ring (bicyclic) bond motifs is 1. The van der Waals surface area contributed by atoms with Crippen molar-refractivity contribution < 1.29 is 27.5 Å². The number of rotatable bonds is 3. The number of carbonyl (C=O) groups excluding carboxylic acids is 2. The highest BCUT2D eigenvalue weighted by Crippen LogP contribution is 2.40. The van der Waals surface area contributed by atoms with Gasteiger partial charge < -0.3 is 19.9 Å². The summed E-state index contributed by atoms with van der Waals surface area (Å²) in [5, 5.41) is 3.85. The van der Waals surface area contributed by atoms with E-state index in [1.165, 1.54) is 12.4 Å². The van der Waals surface area contributed by atoms with Gasteiger partial charge in [0.15, 0.2) is 0 Å². The second-order valence-corrected chi connectivity index (χ2v) is 9.62. The topological polar surface area (TPSA) is 74.8 Å². The van der Waals surface area contributed by atoms with Crippen LogP contribution in [0, 0.1) is 0 Å². The molecule has 2 aromatic rings. The van der Waals surface area contributed by atoms with Gasteiger partial charge >= 0.3 is 12.3 Å². The number of piperidine rings is 1. The van der Waals surface area contributed by atoms with E-state index in [0.717, 1.165) is 17.4 Å². The van der Waals surface area contributed by atoms with Gasteiger partial charge in [0.25, 0.3) is 5.91 Å². The van der Waals surface area contributed by atoms with Gasteiger partial charge in [0.05, 0.1) is 21.3 Å². The van der Waals surface area contributed by atoms with Crippen molar-refractivity contribution in [3.8, 4) is 0 Å². The van der Waals surface area contributed by atoms with E-state index in [4.69, 9.17) is 4.74 Å². The Balaban J connectivity index is 1.85. The molecule has 3 rings (SSSR count). The Labute approximate surface area is 188 Å². The number of hydrogen-bond acceptors (Lipinski definition) is 6. The summed E-state index contributed by atoms with van der Waals surface area (Å²) < 4.78 is 46.6. The van der Waals surface area contributed by atoms with Crippen LogP contribution in [0.2, 0.25) is 0 Å². The second kappa shape index (κ2) is 8.76. The lowest BCUT2D eigenvalue weighted by molar-refractivity contribution is -0.136. The highest BCUT2D eigenvalue weighted by atomic mass is 32.1. The minimum atomic E-state index is -4.57. The van der Waals surface area contributed by atoms with E-state index in [9.17, 15) is 22.8 Å². The van der Waals surface area contributed by atoms with Gasteiger partial charge in [-0.15, -0.1) is 11.3 Å². The summed E-state index contributed by atoms with van der Waals surface area (Å²) in [5.74, 6) is -0.307. The zero-order chi connectivity index (χ0) is 23.8. The zero-order valence-corrected chi connectivity index (χ0v) is 19.5. The molecule has 0 bridgehead atoms. The number of nitrogens with one attached hydrogen (secondary N) is 1. The molecule has 0 atom stereocenters. The highest BCUT2D eigenvalue weighted by Gasteiger charge is 2.36. The van der Waals surface area contributed by atoms with Crippen LogP contribution in [0.3, 0.4) is 0 Å². The molecule has 3 heterocycles. The quantitative estimate of drug-likeness (QED) is 0.712. The molecule has 1 fully saturated rings. The molecule has 0 spiro atoms. The zero-order valence-electron chi connectivity index (χ0n) is 18.7. The van der Waals surface area contributed by atoms with E-state index in [2.05, 4.69) is 10.3 Å². The van der Waals surface area contributed by atoms with Crippen molar-refractivity contribution in [2.75, 3.05) is 32.1 Å². The maximum absolute atomic E-state index is 13.8.